The minimum atomic E-state index is 0.113. The van der Waals surface area contributed by atoms with Crippen LogP contribution < -0.4 is 5.32 Å². The van der Waals surface area contributed by atoms with E-state index in [2.05, 4.69) is 12.0 Å². The number of hydrogen-bond donors (Lipinski definition) is 2. The van der Waals surface area contributed by atoms with Gasteiger partial charge in [-0.15, -0.1) is 8.58 Å². The van der Waals surface area contributed by atoms with Gasteiger partial charge >= 0.3 is 0 Å². The van der Waals surface area contributed by atoms with E-state index < -0.39 is 0 Å². The van der Waals surface area contributed by atoms with Gasteiger partial charge in [-0.05, 0) is 25.7 Å². The highest BCUT2D eigenvalue weighted by atomic mass is 31.1. The second kappa shape index (κ2) is 8.95. The monoisotopic (exact) mass is 191 g/mol. The van der Waals surface area contributed by atoms with Gasteiger partial charge in [0.25, 0.3) is 0 Å². The second-order valence-corrected chi connectivity index (χ2v) is 3.84. The normalized spacial score (nSPS) is 10.8. The highest BCUT2D eigenvalue weighted by Gasteiger charge is 1.98. The quantitative estimate of drug-likeness (QED) is 0.456. The van der Waals surface area contributed by atoms with Crippen LogP contribution in [0.2, 0.25) is 0 Å². The molecular weight excluding hydrogens is 173 g/mol. The summed E-state index contributed by atoms with van der Waals surface area (Å²) in [5, 5.41) is 11.2. The highest BCUT2D eigenvalue weighted by molar-refractivity contribution is 7.36. The maximum Gasteiger partial charge on any atom is 0.220 e. The van der Waals surface area contributed by atoms with Crippen LogP contribution in [0.4, 0.5) is 0 Å². The lowest BCUT2D eigenvalue weighted by atomic mass is 10.3. The van der Waals surface area contributed by atoms with Gasteiger partial charge in [-0.25, -0.2) is 0 Å². The Morgan fingerprint density at radius 2 is 2.25 bits per heavy atom. The van der Waals surface area contributed by atoms with Crippen molar-refractivity contribution in [3.63, 3.8) is 0 Å². The lowest BCUT2D eigenvalue weighted by molar-refractivity contribution is -0.121. The minimum Gasteiger partial charge on any atom is -0.396 e. The summed E-state index contributed by atoms with van der Waals surface area (Å²) in [5.41, 5.74) is 0. The van der Waals surface area contributed by atoms with Crippen molar-refractivity contribution in [2.75, 3.05) is 26.0 Å². The molecule has 0 aliphatic rings. The van der Waals surface area contributed by atoms with Crippen LogP contribution in [0.15, 0.2) is 0 Å². The molecule has 0 bridgehead atoms. The van der Waals surface area contributed by atoms with Gasteiger partial charge in [0, 0.05) is 19.6 Å². The zero-order chi connectivity index (χ0) is 9.23. The molecule has 0 aliphatic heterocycles. The zero-order valence-electron chi connectivity index (χ0n) is 7.60. The Morgan fingerprint density at radius 3 is 2.83 bits per heavy atom. The molecule has 4 heteroatoms. The van der Waals surface area contributed by atoms with E-state index in [1.807, 2.05) is 0 Å². The van der Waals surface area contributed by atoms with Gasteiger partial charge in [0.1, 0.15) is 0 Å². The summed E-state index contributed by atoms with van der Waals surface area (Å²) in [4.78, 5) is 11.0. The summed E-state index contributed by atoms with van der Waals surface area (Å²) in [5.74, 6) is 0.113. The van der Waals surface area contributed by atoms with Gasteiger partial charge in [0.2, 0.25) is 5.91 Å². The molecule has 3 nitrogen and oxygen atoms in total. The highest BCUT2D eigenvalue weighted by Crippen LogP contribution is 2.05. The Bertz CT molecular complexity index is 108. The number of aliphatic hydroxyl groups is 1. The Balaban J connectivity index is 3.10. The summed E-state index contributed by atoms with van der Waals surface area (Å²) in [6.07, 6.45) is 3.42. The third kappa shape index (κ3) is 7.96. The van der Waals surface area contributed by atoms with Gasteiger partial charge in [-0.1, -0.05) is 0 Å². The lowest BCUT2D eigenvalue weighted by Crippen LogP contribution is -2.24. The first-order valence-electron chi connectivity index (χ1n) is 4.33. The molecule has 1 amide bonds. The van der Waals surface area contributed by atoms with E-state index in [9.17, 15) is 4.79 Å². The fraction of sp³-hybridized carbons (Fsp3) is 0.875. The van der Waals surface area contributed by atoms with Crippen molar-refractivity contribution in [1.82, 2.24) is 5.32 Å². The second-order valence-electron chi connectivity index (χ2n) is 2.63. The van der Waals surface area contributed by atoms with E-state index in [4.69, 9.17) is 5.11 Å². The molecule has 0 aliphatic carbocycles. The van der Waals surface area contributed by atoms with Crippen molar-refractivity contribution in [3.05, 3.63) is 0 Å². The van der Waals surface area contributed by atoms with Crippen LogP contribution in [0.5, 0.6) is 0 Å². The minimum absolute atomic E-state index is 0.113. The Kier molecular flexibility index (Phi) is 8.85. The number of nitrogens with one attached hydrogen (secondary N) is 1. The van der Waals surface area contributed by atoms with E-state index >= 15 is 0 Å². The van der Waals surface area contributed by atoms with E-state index in [0.717, 1.165) is 21.2 Å². The van der Waals surface area contributed by atoms with Gasteiger partial charge in [-0.2, -0.15) is 0 Å². The number of amides is 1. The summed E-state index contributed by atoms with van der Waals surface area (Å²) in [7, 11) is 0.940. The van der Waals surface area contributed by atoms with Crippen LogP contribution in [0.25, 0.3) is 0 Å². The van der Waals surface area contributed by atoms with Crippen molar-refractivity contribution in [1.29, 1.82) is 0 Å². The summed E-state index contributed by atoms with van der Waals surface area (Å²) >= 11 is 0. The number of hydrogen-bond acceptors (Lipinski definition) is 2. The molecule has 0 radical (unpaired) electrons. The summed E-state index contributed by atoms with van der Waals surface area (Å²) in [6.45, 7) is 2.89. The van der Waals surface area contributed by atoms with Crippen LogP contribution >= 0.6 is 8.58 Å². The van der Waals surface area contributed by atoms with Crippen LogP contribution in [0, 0.1) is 0 Å². The van der Waals surface area contributed by atoms with E-state index in [-0.39, 0.29) is 12.5 Å². The van der Waals surface area contributed by atoms with Crippen molar-refractivity contribution >= 4 is 14.5 Å². The Hall–Kier alpha value is -0.140. The van der Waals surface area contributed by atoms with Gasteiger partial charge in [0.05, 0.1) is 0 Å². The lowest BCUT2D eigenvalue weighted by Gasteiger charge is -2.02. The summed E-state index contributed by atoms with van der Waals surface area (Å²) in [6, 6.07) is 0. The maximum absolute atomic E-state index is 11.0. The average molecular weight is 191 g/mol. The first-order chi connectivity index (χ1) is 5.81. The molecule has 2 N–H and O–H groups in total. The predicted octanol–water partition coefficient (Wildman–Crippen LogP) is 0.573. The number of aliphatic hydroxyl groups excluding tert-OH is 1. The number of rotatable bonds is 7. The van der Waals surface area contributed by atoms with Gasteiger partial charge in [-0.3, -0.25) is 4.79 Å². The predicted molar refractivity (Wildman–Crippen MR) is 53.1 cm³/mol. The van der Waals surface area contributed by atoms with Crippen molar-refractivity contribution in [2.24, 2.45) is 0 Å². The van der Waals surface area contributed by atoms with Crippen LogP contribution in [0.1, 0.15) is 19.3 Å². The van der Waals surface area contributed by atoms with E-state index in [1.54, 1.807) is 0 Å². The molecule has 1 unspecified atom stereocenters. The fourth-order valence-corrected chi connectivity index (χ4v) is 1.35. The Labute approximate surface area is 75.7 Å². The number of carbonyl (C=O) groups is 1. The van der Waals surface area contributed by atoms with Crippen molar-refractivity contribution in [2.45, 2.75) is 19.3 Å². The molecular formula is C8H18NO2P. The van der Waals surface area contributed by atoms with Crippen molar-refractivity contribution < 1.29 is 9.90 Å². The van der Waals surface area contributed by atoms with E-state index in [0.29, 0.717) is 19.4 Å². The fourth-order valence-electron chi connectivity index (χ4n) is 0.821. The van der Waals surface area contributed by atoms with Crippen LogP contribution in [0.3, 0.4) is 0 Å². The summed E-state index contributed by atoms with van der Waals surface area (Å²) < 4.78 is 0. The standard InChI is InChI=1S/C8H18NO2P/c1-12-7-2-4-8(11)9-5-3-6-10/h10,12H,2-7H2,1H3,(H,9,11). The molecule has 0 spiro atoms. The molecule has 72 valence electrons. The molecule has 0 aromatic carbocycles. The topological polar surface area (TPSA) is 49.3 Å². The zero-order valence-corrected chi connectivity index (χ0v) is 8.60. The molecule has 0 heterocycles. The molecule has 12 heavy (non-hydrogen) atoms. The Morgan fingerprint density at radius 1 is 1.50 bits per heavy atom. The van der Waals surface area contributed by atoms with E-state index in [1.165, 1.54) is 0 Å². The van der Waals surface area contributed by atoms with Crippen LogP contribution in [-0.4, -0.2) is 37.0 Å². The number of carbonyl (C=O) groups excluding carboxylic acids is 1. The molecule has 0 fully saturated rings. The van der Waals surface area contributed by atoms with Gasteiger partial charge in [0.15, 0.2) is 0 Å². The molecule has 0 aromatic heterocycles. The molecule has 1 atom stereocenters. The van der Waals surface area contributed by atoms with Gasteiger partial charge < -0.3 is 10.4 Å². The first-order valence-corrected chi connectivity index (χ1v) is 6.04. The maximum atomic E-state index is 11.0. The molecule has 0 saturated heterocycles. The van der Waals surface area contributed by atoms with Crippen LogP contribution in [-0.2, 0) is 4.79 Å². The van der Waals surface area contributed by atoms with Crippen molar-refractivity contribution in [3.8, 4) is 0 Å². The molecule has 0 rings (SSSR count). The smallest absolute Gasteiger partial charge is 0.220 e. The molecule has 0 saturated carbocycles. The third-order valence-corrected chi connectivity index (χ3v) is 2.34. The SMILES string of the molecule is CPCCCC(=O)NCCCO. The molecule has 0 aromatic rings. The largest absolute Gasteiger partial charge is 0.396 e. The average Bonchev–Trinajstić information content (AvgIpc) is 2.06. The third-order valence-electron chi connectivity index (χ3n) is 1.49. The first kappa shape index (κ1) is 11.9.